The van der Waals surface area contributed by atoms with E-state index in [0.29, 0.717) is 0 Å². The third kappa shape index (κ3) is 5.35. The van der Waals surface area contributed by atoms with E-state index in [2.05, 4.69) is 65.5 Å². The smallest absolute Gasteiger partial charge is 0.0236 e. The lowest BCUT2D eigenvalue weighted by molar-refractivity contribution is 0.916. The van der Waals surface area contributed by atoms with Crippen LogP contribution in [0.4, 0.5) is 0 Å². The van der Waals surface area contributed by atoms with Crippen molar-refractivity contribution in [2.45, 2.75) is 53.9 Å². The molecule has 0 aliphatic carbocycles. The maximum absolute atomic E-state index is 3.93. The highest BCUT2D eigenvalue weighted by Crippen LogP contribution is 2.23. The Morgan fingerprint density at radius 2 is 1.61 bits per heavy atom. The molecule has 0 spiro atoms. The van der Waals surface area contributed by atoms with Gasteiger partial charge in [-0.15, -0.1) is 0 Å². The van der Waals surface area contributed by atoms with E-state index in [4.69, 9.17) is 0 Å². The Morgan fingerprint density at radius 1 is 1.00 bits per heavy atom. The minimum Gasteiger partial charge on any atom is -0.0988 e. The first kappa shape index (κ1) is 16.7. The molecule has 18 heavy (non-hydrogen) atoms. The number of allylic oxidation sites excluding steroid dienone is 9. The van der Waals surface area contributed by atoms with Gasteiger partial charge in [0.15, 0.2) is 0 Å². The predicted octanol–water partition coefficient (Wildman–Crippen LogP) is 6.15. The van der Waals surface area contributed by atoms with Crippen LogP contribution in [0.15, 0.2) is 59.3 Å². The van der Waals surface area contributed by atoms with E-state index in [9.17, 15) is 0 Å². The molecule has 0 rings (SSSR count). The molecular weight excluding hydrogens is 216 g/mol. The van der Waals surface area contributed by atoms with Crippen LogP contribution < -0.4 is 0 Å². The minimum atomic E-state index is 1.07. The van der Waals surface area contributed by atoms with Crippen LogP contribution in [0.5, 0.6) is 0 Å². The second kappa shape index (κ2) is 9.70. The summed E-state index contributed by atoms with van der Waals surface area (Å²) >= 11 is 0. The van der Waals surface area contributed by atoms with E-state index in [1.807, 2.05) is 6.08 Å². The zero-order valence-electron chi connectivity index (χ0n) is 12.7. The molecule has 0 N–H and O–H groups in total. The number of hydrogen-bond acceptors (Lipinski definition) is 0. The first-order chi connectivity index (χ1) is 8.64. The highest BCUT2D eigenvalue weighted by atomic mass is 14.1. The fourth-order valence-electron chi connectivity index (χ4n) is 2.19. The van der Waals surface area contributed by atoms with E-state index in [1.165, 1.54) is 22.3 Å². The van der Waals surface area contributed by atoms with Crippen molar-refractivity contribution < 1.29 is 0 Å². The highest BCUT2D eigenvalue weighted by molar-refractivity contribution is 5.34. The number of hydrogen-bond donors (Lipinski definition) is 0. The molecule has 0 unspecified atom stereocenters. The van der Waals surface area contributed by atoms with Gasteiger partial charge in [0.2, 0.25) is 0 Å². The van der Waals surface area contributed by atoms with Gasteiger partial charge in [-0.2, -0.15) is 0 Å². The van der Waals surface area contributed by atoms with Crippen molar-refractivity contribution in [1.29, 1.82) is 0 Å². The lowest BCUT2D eigenvalue weighted by Gasteiger charge is -2.11. The van der Waals surface area contributed by atoms with Crippen molar-refractivity contribution >= 4 is 0 Å². The van der Waals surface area contributed by atoms with Crippen LogP contribution in [-0.4, -0.2) is 0 Å². The second-order valence-corrected chi connectivity index (χ2v) is 4.39. The second-order valence-electron chi connectivity index (χ2n) is 4.39. The summed E-state index contributed by atoms with van der Waals surface area (Å²) in [7, 11) is 0. The van der Waals surface area contributed by atoms with Crippen molar-refractivity contribution in [3.05, 3.63) is 59.3 Å². The van der Waals surface area contributed by atoms with Crippen LogP contribution in [0.1, 0.15) is 53.9 Å². The normalized spacial score (nSPS) is 14.9. The maximum Gasteiger partial charge on any atom is -0.0236 e. The molecule has 0 fully saturated rings. The lowest BCUT2D eigenvalue weighted by Crippen LogP contribution is -1.92. The summed E-state index contributed by atoms with van der Waals surface area (Å²) in [5.41, 5.74) is 5.60. The summed E-state index contributed by atoms with van der Waals surface area (Å²) in [5, 5.41) is 0. The SMILES string of the molecule is C=C/C(CCC(=C/C)/C(=C\C)CC)=C(C)\C=C/C. The Balaban J connectivity index is 4.83. The molecule has 0 saturated heterocycles. The third-order valence-corrected chi connectivity index (χ3v) is 3.32. The largest absolute Gasteiger partial charge is 0.0988 e. The van der Waals surface area contributed by atoms with Crippen LogP contribution >= 0.6 is 0 Å². The summed E-state index contributed by atoms with van der Waals surface area (Å²) < 4.78 is 0. The Bertz CT molecular complexity index is 373. The average molecular weight is 244 g/mol. The van der Waals surface area contributed by atoms with Gasteiger partial charge in [-0.3, -0.25) is 0 Å². The zero-order valence-corrected chi connectivity index (χ0v) is 12.7. The van der Waals surface area contributed by atoms with Gasteiger partial charge in [0.05, 0.1) is 0 Å². The van der Waals surface area contributed by atoms with Crippen molar-refractivity contribution in [2.75, 3.05) is 0 Å². The van der Waals surface area contributed by atoms with E-state index in [0.717, 1.165) is 19.3 Å². The molecule has 0 aliphatic rings. The van der Waals surface area contributed by atoms with Gasteiger partial charge in [-0.1, -0.05) is 43.9 Å². The van der Waals surface area contributed by atoms with E-state index in [1.54, 1.807) is 0 Å². The molecule has 0 heteroatoms. The summed E-state index contributed by atoms with van der Waals surface area (Å²) in [6, 6.07) is 0. The molecule has 100 valence electrons. The summed E-state index contributed by atoms with van der Waals surface area (Å²) in [4.78, 5) is 0. The summed E-state index contributed by atoms with van der Waals surface area (Å²) in [6.45, 7) is 14.6. The monoisotopic (exact) mass is 244 g/mol. The van der Waals surface area contributed by atoms with Gasteiger partial charge >= 0.3 is 0 Å². The topological polar surface area (TPSA) is 0 Å². The van der Waals surface area contributed by atoms with Crippen LogP contribution in [-0.2, 0) is 0 Å². The van der Waals surface area contributed by atoms with Crippen molar-refractivity contribution in [3.8, 4) is 0 Å². The highest BCUT2D eigenvalue weighted by Gasteiger charge is 2.03. The van der Waals surface area contributed by atoms with Crippen molar-refractivity contribution in [3.63, 3.8) is 0 Å². The van der Waals surface area contributed by atoms with Crippen LogP contribution in [0.25, 0.3) is 0 Å². The molecule has 0 heterocycles. The fraction of sp³-hybridized carbons (Fsp3) is 0.444. The minimum absolute atomic E-state index is 1.07. The molecular formula is C18H28. The summed E-state index contributed by atoms with van der Waals surface area (Å²) in [5.74, 6) is 0. The van der Waals surface area contributed by atoms with E-state index < -0.39 is 0 Å². The molecule has 0 saturated carbocycles. The molecule has 0 aliphatic heterocycles. The maximum atomic E-state index is 3.93. The first-order valence-corrected chi connectivity index (χ1v) is 6.90. The van der Waals surface area contributed by atoms with Crippen molar-refractivity contribution in [2.24, 2.45) is 0 Å². The van der Waals surface area contributed by atoms with Crippen LogP contribution in [0.3, 0.4) is 0 Å². The summed E-state index contributed by atoms with van der Waals surface area (Å²) in [6.07, 6.45) is 14.0. The molecule has 0 amide bonds. The Kier molecular flexibility index (Phi) is 9.00. The molecule has 0 bridgehead atoms. The molecule has 0 aromatic heterocycles. The van der Waals surface area contributed by atoms with Crippen LogP contribution in [0.2, 0.25) is 0 Å². The third-order valence-electron chi connectivity index (χ3n) is 3.32. The van der Waals surface area contributed by atoms with Crippen LogP contribution in [0, 0.1) is 0 Å². The average Bonchev–Trinajstić information content (AvgIpc) is 2.38. The van der Waals surface area contributed by atoms with Gasteiger partial charge in [0.25, 0.3) is 0 Å². The Labute approximate surface area is 113 Å². The lowest BCUT2D eigenvalue weighted by atomic mass is 9.94. The molecule has 0 atom stereocenters. The van der Waals surface area contributed by atoms with E-state index >= 15 is 0 Å². The number of rotatable bonds is 7. The van der Waals surface area contributed by atoms with Gasteiger partial charge in [-0.25, -0.2) is 0 Å². The predicted molar refractivity (Wildman–Crippen MR) is 84.8 cm³/mol. The molecule has 0 aromatic rings. The zero-order chi connectivity index (χ0) is 14.0. The Morgan fingerprint density at radius 3 is 2.00 bits per heavy atom. The molecule has 0 aromatic carbocycles. The molecule has 0 nitrogen and oxygen atoms in total. The fourth-order valence-corrected chi connectivity index (χ4v) is 2.19. The first-order valence-electron chi connectivity index (χ1n) is 6.90. The molecule has 0 radical (unpaired) electrons. The quantitative estimate of drug-likeness (QED) is 0.471. The van der Waals surface area contributed by atoms with Crippen molar-refractivity contribution in [1.82, 2.24) is 0 Å². The van der Waals surface area contributed by atoms with Gasteiger partial charge < -0.3 is 0 Å². The van der Waals surface area contributed by atoms with Gasteiger partial charge in [0, 0.05) is 0 Å². The Hall–Kier alpha value is -1.30. The van der Waals surface area contributed by atoms with Gasteiger partial charge in [-0.05, 0) is 69.2 Å². The van der Waals surface area contributed by atoms with Gasteiger partial charge in [0.1, 0.15) is 0 Å². The standard InChI is InChI=1S/C18H28/c1-7-12-15(6)17(10-4)13-14-18(11-5)16(8-2)9-3/h7-8,10-12H,4,9,13-14H2,1-3,5-6H3/b12-7-,16-8-,17-15+,18-11-. The van der Waals surface area contributed by atoms with E-state index in [-0.39, 0.29) is 0 Å².